The maximum absolute atomic E-state index is 13.3. The minimum absolute atomic E-state index is 0.0279. The van der Waals surface area contributed by atoms with Crippen molar-refractivity contribution in [3.63, 3.8) is 0 Å². The van der Waals surface area contributed by atoms with E-state index in [4.69, 9.17) is 27.9 Å². The molecule has 7 nitrogen and oxygen atoms in total. The van der Waals surface area contributed by atoms with Gasteiger partial charge in [0.1, 0.15) is 10.9 Å². The van der Waals surface area contributed by atoms with Gasteiger partial charge in [0, 0.05) is 59.8 Å². The summed E-state index contributed by atoms with van der Waals surface area (Å²) in [4.78, 5) is 33.4. The molecular weight excluding hydrogens is 559 g/mol. The molecule has 0 radical (unpaired) electrons. The second-order valence-electron chi connectivity index (χ2n) is 10.9. The molecule has 1 aliphatic carbocycles. The molecule has 0 bridgehead atoms. The van der Waals surface area contributed by atoms with Gasteiger partial charge in [0.2, 0.25) is 0 Å². The maximum atomic E-state index is 13.3. The molecule has 1 fully saturated rings. The first kappa shape index (κ1) is 30.9. The van der Waals surface area contributed by atoms with E-state index in [-0.39, 0.29) is 23.0 Å². The average Bonchev–Trinajstić information content (AvgIpc) is 2.95. The summed E-state index contributed by atoms with van der Waals surface area (Å²) < 4.78 is 5.28. The number of pyridine rings is 1. The van der Waals surface area contributed by atoms with Crippen LogP contribution in [-0.2, 0) is 13.1 Å². The topological polar surface area (TPSA) is 77.7 Å². The van der Waals surface area contributed by atoms with Gasteiger partial charge in [0.05, 0.1) is 12.7 Å². The number of H-pyrrole nitrogens is 1. The lowest BCUT2D eigenvalue weighted by Gasteiger charge is -2.41. The lowest BCUT2D eigenvalue weighted by atomic mass is 9.88. The number of carbonyl (C=O) groups excluding carboxylic acids is 1. The highest BCUT2D eigenvalue weighted by Crippen LogP contribution is 2.34. The Morgan fingerprint density at radius 1 is 1.05 bits per heavy atom. The lowest BCUT2D eigenvalue weighted by Crippen LogP contribution is -2.43. The molecule has 41 heavy (non-hydrogen) atoms. The zero-order valence-electron chi connectivity index (χ0n) is 24.5. The number of amides is 1. The largest absolute Gasteiger partial charge is 0.497 e. The number of anilines is 1. The summed E-state index contributed by atoms with van der Waals surface area (Å²) in [5, 5.41) is 3.60. The number of aromatic amines is 1. The van der Waals surface area contributed by atoms with E-state index in [0.717, 1.165) is 55.8 Å². The number of rotatable bonds is 10. The van der Waals surface area contributed by atoms with Crippen LogP contribution in [0.2, 0.25) is 10.2 Å². The van der Waals surface area contributed by atoms with Crippen molar-refractivity contribution >= 4 is 34.8 Å². The van der Waals surface area contributed by atoms with E-state index in [1.165, 1.54) is 11.6 Å². The number of nitrogens with zero attached hydrogens (tertiary/aromatic N) is 2. The molecule has 0 aliphatic heterocycles. The predicted octanol–water partition coefficient (Wildman–Crippen LogP) is 6.51. The van der Waals surface area contributed by atoms with Gasteiger partial charge in [0.15, 0.2) is 5.43 Å². The number of hydrogen-bond donors (Lipinski definition) is 2. The first-order chi connectivity index (χ1) is 19.6. The van der Waals surface area contributed by atoms with Gasteiger partial charge in [-0.15, -0.1) is 0 Å². The van der Waals surface area contributed by atoms with Crippen LogP contribution in [-0.4, -0.2) is 48.6 Å². The van der Waals surface area contributed by atoms with Gasteiger partial charge in [-0.05, 0) is 88.9 Å². The van der Waals surface area contributed by atoms with Crippen molar-refractivity contribution in [3.8, 4) is 5.75 Å². The summed E-state index contributed by atoms with van der Waals surface area (Å²) in [6.07, 6.45) is 4.33. The summed E-state index contributed by atoms with van der Waals surface area (Å²) in [5.41, 5.74) is 4.41. The molecule has 0 saturated heterocycles. The molecular formula is C32H40Cl2N4O3. The Morgan fingerprint density at radius 3 is 2.32 bits per heavy atom. The van der Waals surface area contributed by atoms with Crippen molar-refractivity contribution in [2.45, 2.75) is 71.6 Å². The fraction of sp³-hybridized carbons (Fsp3) is 0.438. The third-order valence-corrected chi connectivity index (χ3v) is 8.74. The minimum atomic E-state index is -0.290. The summed E-state index contributed by atoms with van der Waals surface area (Å²) >= 11 is 12.8. The number of halogens is 2. The second kappa shape index (κ2) is 13.8. The number of methoxy groups -OCH3 is 1. The molecule has 220 valence electrons. The van der Waals surface area contributed by atoms with Crippen LogP contribution in [0, 0.1) is 13.8 Å². The standard InChI is InChI=1S/C32H40Cl2N4O3/c1-6-38(25-11-9-24(10-12-25)37(4)19-22-7-13-26(41-5)14-8-22)29-17-23(33)16-27(21(29)3)32(40)35-18-28-30(39)15-20(2)36-31(28)34/h7-8,13-17,24-25H,6,9-12,18-19H2,1-5H3,(H,35,40)(H,36,39). The van der Waals surface area contributed by atoms with Gasteiger partial charge in [-0.3, -0.25) is 14.5 Å². The van der Waals surface area contributed by atoms with Crippen molar-refractivity contribution in [1.82, 2.24) is 15.2 Å². The van der Waals surface area contributed by atoms with Gasteiger partial charge >= 0.3 is 0 Å². The molecule has 1 heterocycles. The van der Waals surface area contributed by atoms with Crippen molar-refractivity contribution in [2.24, 2.45) is 0 Å². The van der Waals surface area contributed by atoms with Crippen LogP contribution in [0.5, 0.6) is 5.75 Å². The van der Waals surface area contributed by atoms with Crippen LogP contribution in [0.25, 0.3) is 0 Å². The van der Waals surface area contributed by atoms with Crippen LogP contribution < -0.4 is 20.4 Å². The van der Waals surface area contributed by atoms with E-state index in [2.05, 4.69) is 46.2 Å². The van der Waals surface area contributed by atoms with Gasteiger partial charge < -0.3 is 19.9 Å². The number of aromatic nitrogens is 1. The Labute approximate surface area is 252 Å². The van der Waals surface area contributed by atoms with E-state index < -0.39 is 0 Å². The highest BCUT2D eigenvalue weighted by atomic mass is 35.5. The van der Waals surface area contributed by atoms with Crippen LogP contribution in [0.3, 0.4) is 0 Å². The van der Waals surface area contributed by atoms with Crippen molar-refractivity contribution in [2.75, 3.05) is 25.6 Å². The molecule has 2 N–H and O–H groups in total. The zero-order valence-corrected chi connectivity index (χ0v) is 26.0. The molecule has 9 heteroatoms. The highest BCUT2D eigenvalue weighted by Gasteiger charge is 2.29. The van der Waals surface area contributed by atoms with Crippen LogP contribution in [0.1, 0.15) is 65.3 Å². The summed E-state index contributed by atoms with van der Waals surface area (Å²) in [7, 11) is 3.89. The summed E-state index contributed by atoms with van der Waals surface area (Å²) in [6.45, 7) is 7.62. The van der Waals surface area contributed by atoms with Gasteiger partial charge in [-0.25, -0.2) is 0 Å². The van der Waals surface area contributed by atoms with Crippen LogP contribution >= 0.6 is 23.2 Å². The quantitative estimate of drug-likeness (QED) is 0.260. The van der Waals surface area contributed by atoms with Gasteiger partial charge in [-0.1, -0.05) is 35.3 Å². The first-order valence-electron chi connectivity index (χ1n) is 14.2. The molecule has 1 aliphatic rings. The first-order valence-corrected chi connectivity index (χ1v) is 14.9. The monoisotopic (exact) mass is 598 g/mol. The summed E-state index contributed by atoms with van der Waals surface area (Å²) in [5.74, 6) is 0.585. The molecule has 0 spiro atoms. The smallest absolute Gasteiger partial charge is 0.251 e. The van der Waals surface area contributed by atoms with Crippen molar-refractivity contribution in [3.05, 3.63) is 90.8 Å². The summed E-state index contributed by atoms with van der Waals surface area (Å²) in [6, 6.07) is 14.3. The number of benzene rings is 2. The number of ether oxygens (including phenoxy) is 1. The predicted molar refractivity (Wildman–Crippen MR) is 168 cm³/mol. The molecule has 0 atom stereocenters. The molecule has 2 aromatic carbocycles. The van der Waals surface area contributed by atoms with Gasteiger partial charge in [-0.2, -0.15) is 0 Å². The van der Waals surface area contributed by atoms with E-state index in [9.17, 15) is 9.59 Å². The Hall–Kier alpha value is -3.00. The molecule has 1 aromatic heterocycles. The fourth-order valence-corrected chi connectivity index (χ4v) is 6.41. The average molecular weight is 600 g/mol. The van der Waals surface area contributed by atoms with Crippen molar-refractivity contribution < 1.29 is 9.53 Å². The Morgan fingerprint density at radius 2 is 1.71 bits per heavy atom. The molecule has 3 aromatic rings. The van der Waals surface area contributed by atoms with Crippen molar-refractivity contribution in [1.29, 1.82) is 0 Å². The highest BCUT2D eigenvalue weighted by molar-refractivity contribution is 6.31. The maximum Gasteiger partial charge on any atom is 0.251 e. The van der Waals surface area contributed by atoms with Crippen LogP contribution in [0.4, 0.5) is 5.69 Å². The lowest BCUT2D eigenvalue weighted by molar-refractivity contribution is 0.0950. The molecule has 1 saturated carbocycles. The number of carbonyl (C=O) groups is 1. The number of aryl methyl sites for hydroxylation is 1. The van der Waals surface area contributed by atoms with Gasteiger partial charge in [0.25, 0.3) is 5.91 Å². The second-order valence-corrected chi connectivity index (χ2v) is 11.7. The fourth-order valence-electron chi connectivity index (χ4n) is 5.89. The Bertz CT molecular complexity index is 1420. The third-order valence-electron chi connectivity index (χ3n) is 8.20. The van der Waals surface area contributed by atoms with Crippen LogP contribution in [0.15, 0.2) is 47.3 Å². The SMILES string of the molecule is CCN(c1cc(Cl)cc(C(=O)NCc2c(Cl)[nH]c(C)cc2=O)c1C)C1CCC(N(C)Cc2ccc(OC)cc2)CC1. The number of hydrogen-bond acceptors (Lipinski definition) is 5. The molecule has 0 unspecified atom stereocenters. The van der Waals surface area contributed by atoms with E-state index in [0.29, 0.717) is 33.9 Å². The van der Waals surface area contributed by atoms with E-state index in [1.54, 1.807) is 20.1 Å². The number of nitrogens with one attached hydrogen (secondary N) is 2. The van der Waals surface area contributed by atoms with E-state index >= 15 is 0 Å². The molecule has 4 rings (SSSR count). The molecule has 1 amide bonds. The Kier molecular flexibility index (Phi) is 10.4. The minimum Gasteiger partial charge on any atom is -0.497 e. The third kappa shape index (κ3) is 7.45. The normalized spacial score (nSPS) is 17.0. The van der Waals surface area contributed by atoms with E-state index in [1.807, 2.05) is 25.1 Å². The zero-order chi connectivity index (χ0) is 29.7. The Balaban J connectivity index is 1.43.